The largest absolute Gasteiger partial charge is 0.495 e. The molecule has 0 N–H and O–H groups in total. The third kappa shape index (κ3) is 3.56. The van der Waals surface area contributed by atoms with Gasteiger partial charge in [0.1, 0.15) is 16.0 Å². The van der Waals surface area contributed by atoms with Gasteiger partial charge >= 0.3 is 0 Å². The molecule has 1 aliphatic carbocycles. The molecule has 1 amide bonds. The number of para-hydroxylation sites is 2. The molecule has 5 rings (SSSR count). The highest BCUT2D eigenvalue weighted by atomic mass is 32.1. The van der Waals surface area contributed by atoms with E-state index in [1.807, 2.05) is 36.1 Å². The van der Waals surface area contributed by atoms with E-state index in [9.17, 15) is 9.59 Å². The number of piperazine rings is 1. The monoisotopic (exact) mass is 452 g/mol. The summed E-state index contributed by atoms with van der Waals surface area (Å²) in [5.74, 6) is 0.814. The molecule has 3 aromatic rings. The lowest BCUT2D eigenvalue weighted by Gasteiger charge is -2.36. The summed E-state index contributed by atoms with van der Waals surface area (Å²) >= 11 is 1.40. The number of benzene rings is 1. The van der Waals surface area contributed by atoms with Gasteiger partial charge in [0.2, 0.25) is 0 Å². The van der Waals surface area contributed by atoms with Gasteiger partial charge < -0.3 is 14.5 Å². The fraction of sp³-hybridized carbons (Fsp3) is 0.458. The number of hydrogen-bond donors (Lipinski definition) is 0. The number of nitrogens with zero attached hydrogens (tertiary/aromatic N) is 4. The van der Waals surface area contributed by atoms with Gasteiger partial charge in [0, 0.05) is 37.1 Å². The van der Waals surface area contributed by atoms with E-state index in [0.29, 0.717) is 28.9 Å². The number of amides is 1. The highest BCUT2D eigenvalue weighted by molar-refractivity contribution is 7.19. The van der Waals surface area contributed by atoms with Gasteiger partial charge in [-0.15, -0.1) is 11.3 Å². The van der Waals surface area contributed by atoms with Crippen molar-refractivity contribution in [3.63, 3.8) is 0 Å². The lowest BCUT2D eigenvalue weighted by Crippen LogP contribution is -2.49. The second kappa shape index (κ2) is 8.58. The van der Waals surface area contributed by atoms with Gasteiger partial charge in [-0.3, -0.25) is 14.2 Å². The number of fused-ring (bicyclic) bond motifs is 1. The van der Waals surface area contributed by atoms with Crippen LogP contribution in [0.5, 0.6) is 5.75 Å². The minimum Gasteiger partial charge on any atom is -0.495 e. The quantitative estimate of drug-likeness (QED) is 0.602. The maximum absolute atomic E-state index is 13.5. The van der Waals surface area contributed by atoms with Gasteiger partial charge in [0.15, 0.2) is 0 Å². The van der Waals surface area contributed by atoms with Crippen LogP contribution in [0.25, 0.3) is 10.2 Å². The maximum atomic E-state index is 13.5. The lowest BCUT2D eigenvalue weighted by atomic mass is 10.1. The van der Waals surface area contributed by atoms with Crippen LogP contribution >= 0.6 is 11.3 Å². The zero-order valence-electron chi connectivity index (χ0n) is 18.5. The normalized spacial score (nSPS) is 17.3. The molecule has 2 aliphatic rings. The fourth-order valence-corrected chi connectivity index (χ4v) is 6.02. The van der Waals surface area contributed by atoms with Crippen LogP contribution in [0.1, 0.15) is 47.0 Å². The maximum Gasteiger partial charge on any atom is 0.271 e. The Morgan fingerprint density at radius 1 is 1.12 bits per heavy atom. The van der Waals surface area contributed by atoms with Gasteiger partial charge in [-0.1, -0.05) is 25.0 Å². The van der Waals surface area contributed by atoms with E-state index < -0.39 is 0 Å². The van der Waals surface area contributed by atoms with E-state index in [-0.39, 0.29) is 17.5 Å². The Morgan fingerprint density at radius 3 is 2.56 bits per heavy atom. The average molecular weight is 453 g/mol. The second-order valence-corrected chi connectivity index (χ2v) is 9.78. The highest BCUT2D eigenvalue weighted by Crippen LogP contribution is 2.32. The topological polar surface area (TPSA) is 67.7 Å². The zero-order valence-corrected chi connectivity index (χ0v) is 19.4. The molecule has 8 heteroatoms. The zero-order chi connectivity index (χ0) is 22.2. The van der Waals surface area contributed by atoms with E-state index >= 15 is 0 Å². The minimum atomic E-state index is -0.0288. The van der Waals surface area contributed by atoms with E-state index in [4.69, 9.17) is 4.74 Å². The average Bonchev–Trinajstić information content (AvgIpc) is 3.47. The number of methoxy groups -OCH3 is 1. The number of aromatic nitrogens is 2. The summed E-state index contributed by atoms with van der Waals surface area (Å²) in [6.07, 6.45) is 6.02. The fourth-order valence-electron chi connectivity index (χ4n) is 4.98. The van der Waals surface area contributed by atoms with Crippen LogP contribution in [-0.4, -0.2) is 53.6 Å². The van der Waals surface area contributed by atoms with Gasteiger partial charge in [-0.25, -0.2) is 4.98 Å². The molecule has 168 valence electrons. The number of carbonyl (C=O) groups is 1. The molecule has 2 aromatic heterocycles. The van der Waals surface area contributed by atoms with Crippen LogP contribution in [0.3, 0.4) is 0 Å². The Bertz CT molecular complexity index is 1200. The predicted octanol–water partition coefficient (Wildman–Crippen LogP) is 3.85. The number of rotatable bonds is 4. The van der Waals surface area contributed by atoms with Crippen molar-refractivity contribution in [1.29, 1.82) is 0 Å². The third-order valence-corrected chi connectivity index (χ3v) is 7.81. The molecule has 0 spiro atoms. The van der Waals surface area contributed by atoms with E-state index in [1.165, 1.54) is 11.3 Å². The van der Waals surface area contributed by atoms with Gasteiger partial charge in [0.05, 0.1) is 24.7 Å². The Morgan fingerprint density at radius 2 is 1.84 bits per heavy atom. The second-order valence-electron chi connectivity index (χ2n) is 8.56. The first-order valence-electron chi connectivity index (χ1n) is 11.3. The summed E-state index contributed by atoms with van der Waals surface area (Å²) in [5, 5.41) is 0. The summed E-state index contributed by atoms with van der Waals surface area (Å²) < 4.78 is 7.88. The Kier molecular flexibility index (Phi) is 5.63. The highest BCUT2D eigenvalue weighted by Gasteiger charge is 2.29. The molecular weight excluding hydrogens is 424 g/mol. The van der Waals surface area contributed by atoms with E-state index in [0.717, 1.165) is 55.1 Å². The molecule has 0 radical (unpaired) electrons. The first-order chi connectivity index (χ1) is 15.6. The Balaban J connectivity index is 1.38. The van der Waals surface area contributed by atoms with Crippen LogP contribution in [0.15, 0.2) is 35.4 Å². The Labute approximate surface area is 191 Å². The van der Waals surface area contributed by atoms with Crippen LogP contribution < -0.4 is 15.2 Å². The molecule has 1 aliphatic heterocycles. The molecule has 0 atom stereocenters. The van der Waals surface area contributed by atoms with Crippen LogP contribution in [-0.2, 0) is 0 Å². The number of aryl methyl sites for hydroxylation is 1. The van der Waals surface area contributed by atoms with Gasteiger partial charge in [-0.2, -0.15) is 0 Å². The van der Waals surface area contributed by atoms with Gasteiger partial charge in [0.25, 0.3) is 11.5 Å². The van der Waals surface area contributed by atoms with Crippen LogP contribution in [0.2, 0.25) is 0 Å². The summed E-state index contributed by atoms with van der Waals surface area (Å²) in [4.78, 5) is 36.2. The van der Waals surface area contributed by atoms with Crippen molar-refractivity contribution in [3.8, 4) is 5.75 Å². The predicted molar refractivity (Wildman–Crippen MR) is 127 cm³/mol. The van der Waals surface area contributed by atoms with E-state index in [1.54, 1.807) is 18.0 Å². The number of thiophene rings is 1. The number of anilines is 1. The van der Waals surface area contributed by atoms with Crippen LogP contribution in [0, 0.1) is 6.92 Å². The summed E-state index contributed by atoms with van der Waals surface area (Å²) in [5.41, 5.74) is 2.19. The van der Waals surface area contributed by atoms with Crippen molar-refractivity contribution in [2.24, 2.45) is 0 Å². The van der Waals surface area contributed by atoms with Crippen molar-refractivity contribution in [1.82, 2.24) is 14.5 Å². The van der Waals surface area contributed by atoms with Crippen molar-refractivity contribution < 1.29 is 9.53 Å². The molecular formula is C24H28N4O3S. The molecule has 0 bridgehead atoms. The summed E-state index contributed by atoms with van der Waals surface area (Å²) in [7, 11) is 1.68. The smallest absolute Gasteiger partial charge is 0.271 e. The lowest BCUT2D eigenvalue weighted by molar-refractivity contribution is 0.0748. The van der Waals surface area contributed by atoms with Crippen molar-refractivity contribution >= 4 is 33.1 Å². The van der Waals surface area contributed by atoms with Gasteiger partial charge in [-0.05, 0) is 31.9 Å². The molecule has 1 saturated heterocycles. The van der Waals surface area contributed by atoms with Crippen molar-refractivity contribution in [3.05, 3.63) is 51.4 Å². The number of hydrogen-bond acceptors (Lipinski definition) is 6. The Hall–Kier alpha value is -2.87. The van der Waals surface area contributed by atoms with Crippen molar-refractivity contribution in [2.45, 2.75) is 38.6 Å². The molecule has 0 unspecified atom stereocenters. The molecule has 3 heterocycles. The summed E-state index contributed by atoms with van der Waals surface area (Å²) in [6.45, 7) is 4.62. The number of ether oxygens (including phenoxy) is 1. The molecule has 2 fully saturated rings. The number of carbonyl (C=O) groups excluding carboxylic acids is 1. The molecule has 1 aromatic carbocycles. The first kappa shape index (κ1) is 21.0. The third-order valence-electron chi connectivity index (χ3n) is 6.72. The summed E-state index contributed by atoms with van der Waals surface area (Å²) in [6, 6.07) is 8.20. The first-order valence-corrected chi connectivity index (χ1v) is 12.1. The van der Waals surface area contributed by atoms with E-state index in [2.05, 4.69) is 9.88 Å². The van der Waals surface area contributed by atoms with Crippen LogP contribution in [0.4, 0.5) is 5.69 Å². The SMILES string of the molecule is COc1ccccc1N1CCN(C(=O)c2c(C)sc3c(=O)n(C4CCCC4)cnc23)CC1. The molecule has 7 nitrogen and oxygen atoms in total. The van der Waals surface area contributed by atoms with Crippen molar-refractivity contribution in [2.75, 3.05) is 38.2 Å². The minimum absolute atomic E-state index is 0.00459. The molecule has 32 heavy (non-hydrogen) atoms. The standard InChI is InChI=1S/C24H28N4O3S/c1-16-20(21-22(32-16)24(30)28(15-25-21)17-7-3-4-8-17)23(29)27-13-11-26(12-14-27)18-9-5-6-10-19(18)31-2/h5-6,9-10,15,17H,3-4,7-8,11-14H2,1-2H3. The molecule has 1 saturated carbocycles.